The number of likely N-dealkylation sites (tertiary alicyclic amines) is 1. The molecule has 6 nitrogen and oxygen atoms in total. The predicted molar refractivity (Wildman–Crippen MR) is 165 cm³/mol. The number of aliphatic hydroxyl groups is 1. The average molecular weight is 559 g/mol. The zero-order chi connectivity index (χ0) is 28.4. The van der Waals surface area contributed by atoms with E-state index in [1.807, 2.05) is 12.1 Å². The molecule has 3 aromatic rings. The third kappa shape index (κ3) is 7.96. The van der Waals surface area contributed by atoms with Crippen molar-refractivity contribution < 1.29 is 19.7 Å². The Kier molecular flexibility index (Phi) is 10.4. The number of aliphatic hydroxyl groups excluding tert-OH is 1. The maximum absolute atomic E-state index is 10.0. The molecule has 41 heavy (non-hydrogen) atoms. The first-order valence-electron chi connectivity index (χ1n) is 15.4. The molecule has 1 aliphatic heterocycles. The van der Waals surface area contributed by atoms with Crippen LogP contribution in [0.3, 0.4) is 0 Å². The van der Waals surface area contributed by atoms with Crippen LogP contribution >= 0.6 is 0 Å². The summed E-state index contributed by atoms with van der Waals surface area (Å²) >= 11 is 0. The Balaban J connectivity index is 1.26. The Labute approximate surface area is 245 Å². The van der Waals surface area contributed by atoms with E-state index in [1.54, 1.807) is 13.2 Å². The Bertz CT molecular complexity index is 1240. The first-order valence-corrected chi connectivity index (χ1v) is 15.4. The van der Waals surface area contributed by atoms with E-state index in [4.69, 9.17) is 9.47 Å². The van der Waals surface area contributed by atoms with Gasteiger partial charge in [0.15, 0.2) is 0 Å². The molecule has 5 rings (SSSR count). The molecule has 220 valence electrons. The predicted octanol–water partition coefficient (Wildman–Crippen LogP) is 6.32. The van der Waals surface area contributed by atoms with E-state index in [9.17, 15) is 10.2 Å². The summed E-state index contributed by atoms with van der Waals surface area (Å²) in [5, 5.41) is 19.9. The lowest BCUT2D eigenvalue weighted by atomic mass is 9.79. The van der Waals surface area contributed by atoms with Gasteiger partial charge in [-0.1, -0.05) is 43.5 Å². The molecule has 1 saturated heterocycles. The van der Waals surface area contributed by atoms with Gasteiger partial charge in [-0.25, -0.2) is 0 Å². The minimum absolute atomic E-state index is 0.0706. The molecule has 1 fully saturated rings. The maximum atomic E-state index is 10.0. The highest BCUT2D eigenvalue weighted by Gasteiger charge is 2.25. The number of phenolic OH excluding ortho intramolecular Hbond substituents is 1. The minimum Gasteiger partial charge on any atom is -0.508 e. The number of ether oxygens (including phenoxy) is 2. The third-order valence-electron chi connectivity index (χ3n) is 8.73. The van der Waals surface area contributed by atoms with Crippen molar-refractivity contribution in [2.75, 3.05) is 51.4 Å². The molecule has 2 aliphatic rings. The van der Waals surface area contributed by atoms with Crippen molar-refractivity contribution >= 4 is 5.69 Å². The number of rotatable bonds is 11. The largest absolute Gasteiger partial charge is 0.508 e. The van der Waals surface area contributed by atoms with E-state index in [0.717, 1.165) is 43.0 Å². The summed E-state index contributed by atoms with van der Waals surface area (Å²) in [4.78, 5) is 4.81. The number of methoxy groups -OCH3 is 1. The van der Waals surface area contributed by atoms with Gasteiger partial charge in [0.2, 0.25) is 0 Å². The van der Waals surface area contributed by atoms with Gasteiger partial charge >= 0.3 is 0 Å². The zero-order valence-corrected chi connectivity index (χ0v) is 24.6. The van der Waals surface area contributed by atoms with Gasteiger partial charge < -0.3 is 24.6 Å². The summed E-state index contributed by atoms with van der Waals surface area (Å²) in [6.45, 7) is 5.36. The normalized spacial score (nSPS) is 17.8. The summed E-state index contributed by atoms with van der Waals surface area (Å²) in [6, 6.07) is 20.5. The first kappa shape index (κ1) is 29.3. The van der Waals surface area contributed by atoms with E-state index in [-0.39, 0.29) is 6.61 Å². The van der Waals surface area contributed by atoms with Crippen molar-refractivity contribution in [1.82, 2.24) is 4.90 Å². The van der Waals surface area contributed by atoms with Gasteiger partial charge in [-0.15, -0.1) is 0 Å². The van der Waals surface area contributed by atoms with Crippen LogP contribution in [0.2, 0.25) is 0 Å². The minimum atomic E-state index is 0.0706. The quantitative estimate of drug-likeness (QED) is 0.287. The van der Waals surface area contributed by atoms with Crippen LogP contribution in [0, 0.1) is 0 Å². The molecule has 0 bridgehead atoms. The van der Waals surface area contributed by atoms with Crippen LogP contribution in [0.15, 0.2) is 60.7 Å². The lowest BCUT2D eigenvalue weighted by Gasteiger charge is -2.32. The molecule has 6 heteroatoms. The Morgan fingerprint density at radius 1 is 0.878 bits per heavy atom. The molecule has 0 amide bonds. The smallest absolute Gasteiger partial charge is 0.120 e. The summed E-state index contributed by atoms with van der Waals surface area (Å²) in [7, 11) is 1.70. The molecule has 1 atom stereocenters. The van der Waals surface area contributed by atoms with Gasteiger partial charge in [0.1, 0.15) is 23.9 Å². The van der Waals surface area contributed by atoms with Gasteiger partial charge in [-0.3, -0.25) is 4.90 Å². The Hall–Kier alpha value is -3.22. The monoisotopic (exact) mass is 558 g/mol. The molecule has 1 heterocycles. The van der Waals surface area contributed by atoms with Crippen LogP contribution in [-0.2, 0) is 19.4 Å². The van der Waals surface area contributed by atoms with Crippen molar-refractivity contribution in [2.45, 2.75) is 63.8 Å². The molecule has 3 aromatic carbocycles. The van der Waals surface area contributed by atoms with E-state index < -0.39 is 0 Å². The fourth-order valence-corrected chi connectivity index (χ4v) is 6.42. The molecule has 0 radical (unpaired) electrons. The molecule has 1 unspecified atom stereocenters. The Morgan fingerprint density at radius 2 is 1.63 bits per heavy atom. The number of benzene rings is 3. The van der Waals surface area contributed by atoms with Crippen LogP contribution in [-0.4, -0.2) is 61.6 Å². The fraction of sp³-hybridized carbons (Fsp3) is 0.486. The molecule has 2 N–H and O–H groups in total. The second-order valence-electron chi connectivity index (χ2n) is 11.6. The topological polar surface area (TPSA) is 65.4 Å². The van der Waals surface area contributed by atoms with Gasteiger partial charge in [0.05, 0.1) is 13.7 Å². The number of nitrogens with zero attached hydrogens (tertiary/aromatic N) is 2. The summed E-state index contributed by atoms with van der Waals surface area (Å²) in [6.07, 6.45) is 9.58. The molecule has 0 spiro atoms. The van der Waals surface area contributed by atoms with E-state index in [1.165, 1.54) is 67.4 Å². The second-order valence-corrected chi connectivity index (χ2v) is 11.6. The SMILES string of the molecule is COc1ccc(C2CCc3cc(O)ccc3C2)c(N(CCO)Cc2ccc(OCCN3CCCCCCC3)cc2)c1. The molecular weight excluding hydrogens is 512 g/mol. The Morgan fingerprint density at radius 3 is 2.39 bits per heavy atom. The number of anilines is 1. The molecule has 1 aliphatic carbocycles. The van der Waals surface area contributed by atoms with Crippen molar-refractivity contribution in [1.29, 1.82) is 0 Å². The summed E-state index contributed by atoms with van der Waals surface area (Å²) < 4.78 is 11.7. The average Bonchev–Trinajstić information content (AvgIpc) is 2.98. The van der Waals surface area contributed by atoms with Gasteiger partial charge in [0.25, 0.3) is 0 Å². The molecular formula is C35H46N2O4. The van der Waals surface area contributed by atoms with Crippen molar-refractivity contribution in [3.8, 4) is 17.2 Å². The second kappa shape index (κ2) is 14.6. The third-order valence-corrected chi connectivity index (χ3v) is 8.73. The highest BCUT2D eigenvalue weighted by Crippen LogP contribution is 2.40. The number of fused-ring (bicyclic) bond motifs is 1. The molecule has 0 aromatic heterocycles. The number of aromatic hydroxyl groups is 1. The van der Waals surface area contributed by atoms with Crippen LogP contribution in [0.4, 0.5) is 5.69 Å². The zero-order valence-electron chi connectivity index (χ0n) is 24.6. The van der Waals surface area contributed by atoms with Crippen molar-refractivity contribution in [3.05, 3.63) is 82.9 Å². The fourth-order valence-electron chi connectivity index (χ4n) is 6.42. The standard InChI is InChI=1S/C35H46N2O4/c1-40-33-15-16-34(30-10-9-29-24-31(39)12-11-28(29)23-30)35(25-33)37(19-21-38)26-27-7-13-32(14-8-27)41-22-20-36-17-5-3-2-4-6-18-36/h7-8,11-16,24-25,30,38-39H,2-6,9-10,17-23,26H2,1H3. The van der Waals surface area contributed by atoms with E-state index in [2.05, 4.69) is 52.3 Å². The number of phenols is 1. The van der Waals surface area contributed by atoms with Crippen LogP contribution in [0.25, 0.3) is 0 Å². The van der Waals surface area contributed by atoms with Gasteiger partial charge in [0, 0.05) is 31.4 Å². The lowest BCUT2D eigenvalue weighted by molar-refractivity contribution is 0.195. The van der Waals surface area contributed by atoms with Gasteiger partial charge in [-0.05, 0) is 104 Å². The van der Waals surface area contributed by atoms with Crippen LogP contribution < -0.4 is 14.4 Å². The van der Waals surface area contributed by atoms with E-state index >= 15 is 0 Å². The summed E-state index contributed by atoms with van der Waals surface area (Å²) in [5.41, 5.74) is 6.11. The summed E-state index contributed by atoms with van der Waals surface area (Å²) in [5.74, 6) is 2.42. The van der Waals surface area contributed by atoms with Gasteiger partial charge in [-0.2, -0.15) is 0 Å². The van der Waals surface area contributed by atoms with Crippen molar-refractivity contribution in [2.24, 2.45) is 0 Å². The number of aryl methyl sites for hydroxylation is 1. The molecule has 0 saturated carbocycles. The van der Waals surface area contributed by atoms with E-state index in [0.29, 0.717) is 31.4 Å². The number of hydrogen-bond donors (Lipinski definition) is 2. The highest BCUT2D eigenvalue weighted by molar-refractivity contribution is 5.60. The maximum Gasteiger partial charge on any atom is 0.120 e. The highest BCUT2D eigenvalue weighted by atomic mass is 16.5. The first-order chi connectivity index (χ1) is 20.1. The van der Waals surface area contributed by atoms with Crippen LogP contribution in [0.1, 0.15) is 66.7 Å². The lowest BCUT2D eigenvalue weighted by Crippen LogP contribution is -2.31. The van der Waals surface area contributed by atoms with Crippen LogP contribution in [0.5, 0.6) is 17.2 Å². The number of hydrogen-bond acceptors (Lipinski definition) is 6. The van der Waals surface area contributed by atoms with Crippen molar-refractivity contribution in [3.63, 3.8) is 0 Å².